The second kappa shape index (κ2) is 9.13. The molecule has 0 saturated carbocycles. The van der Waals surface area contributed by atoms with Gasteiger partial charge in [0.05, 0.1) is 5.41 Å². The number of nitrogens with two attached hydrogens (primary N) is 1. The standard InChI is InChI=1S/C26H26Cl2N2O2/c1-16-4-2-5-17(10-16)23-14-30-25(32)13-22(18-6-3-7-19(27)11-18)26(23,15-31)21-9-8-20(28)12-24(21)29/h2-9,11-12,15,17,22-23H,10,13-14,29H2,1H3,(H,30,32)/t17?,22-,23-,26+/m0/s1. The number of hydrogen-bond acceptors (Lipinski definition) is 3. The van der Waals surface area contributed by atoms with E-state index in [9.17, 15) is 9.59 Å². The molecule has 1 fully saturated rings. The first-order chi connectivity index (χ1) is 15.3. The zero-order valence-corrected chi connectivity index (χ0v) is 19.4. The molecule has 4 nitrogen and oxygen atoms in total. The number of halogens is 2. The van der Waals surface area contributed by atoms with Crippen molar-refractivity contribution in [2.75, 3.05) is 12.3 Å². The SMILES string of the molecule is CC1=CC=CC([C@@H]2CNC(=O)C[C@@H](c3cccc(Cl)c3)[C@@]2(C=O)c2ccc(Cl)cc2N)C1. The summed E-state index contributed by atoms with van der Waals surface area (Å²) in [5.74, 6) is -0.684. The summed E-state index contributed by atoms with van der Waals surface area (Å²) in [4.78, 5) is 26.2. The highest BCUT2D eigenvalue weighted by atomic mass is 35.5. The van der Waals surface area contributed by atoms with E-state index in [2.05, 4.69) is 24.4 Å². The number of nitrogen functional groups attached to an aromatic ring is 1. The zero-order valence-electron chi connectivity index (χ0n) is 17.9. The fourth-order valence-corrected chi connectivity index (χ4v) is 5.77. The molecule has 166 valence electrons. The highest BCUT2D eigenvalue weighted by Gasteiger charge is 2.53. The van der Waals surface area contributed by atoms with Crippen LogP contribution in [-0.2, 0) is 15.0 Å². The molecule has 1 unspecified atom stereocenters. The molecule has 3 N–H and O–H groups in total. The Morgan fingerprint density at radius 1 is 1.12 bits per heavy atom. The molecule has 4 atom stereocenters. The topological polar surface area (TPSA) is 72.2 Å². The van der Waals surface area contributed by atoms with Gasteiger partial charge in [0.1, 0.15) is 6.29 Å². The van der Waals surface area contributed by atoms with Gasteiger partial charge in [-0.3, -0.25) is 4.79 Å². The maximum Gasteiger partial charge on any atom is 0.220 e. The van der Waals surface area contributed by atoms with E-state index in [1.54, 1.807) is 18.2 Å². The van der Waals surface area contributed by atoms with E-state index in [-0.39, 0.29) is 24.2 Å². The lowest BCUT2D eigenvalue weighted by Gasteiger charge is -2.45. The molecule has 0 bridgehead atoms. The number of carbonyl (C=O) groups excluding carboxylic acids is 2. The Labute approximate surface area is 198 Å². The van der Waals surface area contributed by atoms with E-state index in [0.29, 0.717) is 27.8 Å². The van der Waals surface area contributed by atoms with Gasteiger partial charge in [-0.25, -0.2) is 0 Å². The summed E-state index contributed by atoms with van der Waals surface area (Å²) in [6.07, 6.45) is 8.22. The van der Waals surface area contributed by atoms with Crippen LogP contribution >= 0.6 is 23.2 Å². The molecule has 1 heterocycles. The van der Waals surface area contributed by atoms with Crippen LogP contribution in [0.25, 0.3) is 0 Å². The Hall–Kier alpha value is -2.56. The number of aldehydes is 1. The molecule has 4 rings (SSSR count). The monoisotopic (exact) mass is 468 g/mol. The van der Waals surface area contributed by atoms with Crippen molar-refractivity contribution in [3.63, 3.8) is 0 Å². The summed E-state index contributed by atoms with van der Waals surface area (Å²) >= 11 is 12.5. The van der Waals surface area contributed by atoms with Gasteiger partial charge in [-0.15, -0.1) is 0 Å². The van der Waals surface area contributed by atoms with Crippen LogP contribution in [0.3, 0.4) is 0 Å². The average molecular weight is 469 g/mol. The molecule has 2 aromatic carbocycles. The van der Waals surface area contributed by atoms with E-state index in [0.717, 1.165) is 18.3 Å². The highest BCUT2D eigenvalue weighted by Crippen LogP contribution is 2.52. The van der Waals surface area contributed by atoms with Crippen LogP contribution in [-0.4, -0.2) is 18.7 Å². The Morgan fingerprint density at radius 3 is 2.59 bits per heavy atom. The molecule has 6 heteroatoms. The largest absolute Gasteiger partial charge is 0.398 e. The van der Waals surface area contributed by atoms with Crippen molar-refractivity contribution in [3.05, 3.63) is 87.4 Å². The molecular weight excluding hydrogens is 443 g/mol. The third-order valence-corrected chi connectivity index (χ3v) is 7.31. The van der Waals surface area contributed by atoms with Crippen molar-refractivity contribution in [2.24, 2.45) is 11.8 Å². The van der Waals surface area contributed by atoms with Crippen LogP contribution in [0.1, 0.15) is 36.8 Å². The Balaban J connectivity index is 1.99. The lowest BCUT2D eigenvalue weighted by molar-refractivity contribution is -0.121. The van der Waals surface area contributed by atoms with Crippen molar-refractivity contribution in [1.82, 2.24) is 5.32 Å². The second-order valence-corrected chi connectivity index (χ2v) is 9.64. The van der Waals surface area contributed by atoms with Crippen LogP contribution in [0.4, 0.5) is 5.69 Å². The summed E-state index contributed by atoms with van der Waals surface area (Å²) in [5, 5.41) is 4.12. The first-order valence-electron chi connectivity index (χ1n) is 10.7. The summed E-state index contributed by atoms with van der Waals surface area (Å²) in [7, 11) is 0. The van der Waals surface area contributed by atoms with Crippen molar-refractivity contribution in [1.29, 1.82) is 0 Å². The van der Waals surface area contributed by atoms with E-state index in [1.807, 2.05) is 30.3 Å². The minimum absolute atomic E-state index is 0.0559. The summed E-state index contributed by atoms with van der Waals surface area (Å²) in [5.41, 5.74) is 8.65. The van der Waals surface area contributed by atoms with Gasteiger partial charge >= 0.3 is 0 Å². The summed E-state index contributed by atoms with van der Waals surface area (Å²) in [6.45, 7) is 2.46. The number of carbonyl (C=O) groups is 2. The molecule has 1 aliphatic heterocycles. The van der Waals surface area contributed by atoms with Gasteiger partial charge in [-0.05, 0) is 60.6 Å². The van der Waals surface area contributed by atoms with Crippen molar-refractivity contribution >= 4 is 41.1 Å². The maximum atomic E-state index is 13.3. The second-order valence-electron chi connectivity index (χ2n) is 8.77. The normalized spacial score (nSPS) is 27.9. The van der Waals surface area contributed by atoms with Crippen LogP contribution in [0, 0.1) is 11.8 Å². The molecule has 1 aliphatic carbocycles. The molecule has 1 amide bonds. The van der Waals surface area contributed by atoms with Crippen molar-refractivity contribution in [3.8, 4) is 0 Å². The van der Waals surface area contributed by atoms with E-state index in [1.165, 1.54) is 5.57 Å². The summed E-state index contributed by atoms with van der Waals surface area (Å²) < 4.78 is 0. The fourth-order valence-electron chi connectivity index (χ4n) is 5.40. The smallest absolute Gasteiger partial charge is 0.220 e. The molecule has 2 aromatic rings. The number of allylic oxidation sites excluding steroid dienone is 4. The Kier molecular flexibility index (Phi) is 6.45. The highest BCUT2D eigenvalue weighted by molar-refractivity contribution is 6.31. The predicted octanol–water partition coefficient (Wildman–Crippen LogP) is 5.45. The Morgan fingerprint density at radius 2 is 1.91 bits per heavy atom. The number of amides is 1. The van der Waals surface area contributed by atoms with E-state index < -0.39 is 11.3 Å². The average Bonchev–Trinajstić information content (AvgIpc) is 2.90. The third-order valence-electron chi connectivity index (χ3n) is 6.84. The van der Waals surface area contributed by atoms with E-state index in [4.69, 9.17) is 28.9 Å². The number of benzene rings is 2. The fraction of sp³-hybridized carbons (Fsp3) is 0.308. The lowest BCUT2D eigenvalue weighted by Crippen LogP contribution is -2.48. The van der Waals surface area contributed by atoms with E-state index >= 15 is 0 Å². The minimum atomic E-state index is -1.05. The van der Waals surface area contributed by atoms with Gasteiger partial charge in [0.2, 0.25) is 5.91 Å². The van der Waals surface area contributed by atoms with Gasteiger partial charge in [0, 0.05) is 34.6 Å². The Bertz CT molecular complexity index is 1110. The van der Waals surface area contributed by atoms with Crippen LogP contribution in [0.2, 0.25) is 10.0 Å². The maximum absolute atomic E-state index is 13.3. The van der Waals surface area contributed by atoms with Crippen LogP contribution in [0.15, 0.2) is 66.3 Å². The predicted molar refractivity (Wildman–Crippen MR) is 130 cm³/mol. The third kappa shape index (κ3) is 4.10. The van der Waals surface area contributed by atoms with Crippen molar-refractivity contribution in [2.45, 2.75) is 31.1 Å². The number of hydrogen-bond donors (Lipinski definition) is 2. The zero-order chi connectivity index (χ0) is 22.9. The molecule has 1 saturated heterocycles. The molecule has 0 aromatic heterocycles. The van der Waals surface area contributed by atoms with Crippen LogP contribution in [0.5, 0.6) is 0 Å². The van der Waals surface area contributed by atoms with Gasteiger partial charge in [-0.2, -0.15) is 0 Å². The number of anilines is 1. The first kappa shape index (κ1) is 22.6. The number of rotatable bonds is 4. The van der Waals surface area contributed by atoms with Gasteiger partial charge < -0.3 is 15.8 Å². The first-order valence-corrected chi connectivity index (χ1v) is 11.5. The van der Waals surface area contributed by atoms with Gasteiger partial charge in [0.15, 0.2) is 0 Å². The van der Waals surface area contributed by atoms with Gasteiger partial charge in [-0.1, -0.05) is 65.2 Å². The van der Waals surface area contributed by atoms with Crippen molar-refractivity contribution < 1.29 is 9.59 Å². The quantitative estimate of drug-likeness (QED) is 0.462. The van der Waals surface area contributed by atoms with Gasteiger partial charge in [0.25, 0.3) is 0 Å². The molecule has 0 spiro atoms. The summed E-state index contributed by atoms with van der Waals surface area (Å²) in [6, 6.07) is 12.7. The molecule has 0 radical (unpaired) electrons. The lowest BCUT2D eigenvalue weighted by atomic mass is 9.56. The molecular formula is C26H26Cl2N2O2. The minimum Gasteiger partial charge on any atom is -0.398 e. The molecule has 32 heavy (non-hydrogen) atoms. The number of nitrogens with one attached hydrogen (secondary N) is 1. The molecule has 2 aliphatic rings. The van der Waals surface area contributed by atoms with Crippen LogP contribution < -0.4 is 11.1 Å².